The first-order valence-corrected chi connectivity index (χ1v) is 7.77. The number of hydrogen-bond donors (Lipinski definition) is 0. The average Bonchev–Trinajstić information content (AvgIpc) is 2.63. The van der Waals surface area contributed by atoms with Gasteiger partial charge < -0.3 is 0 Å². The molecule has 0 amide bonds. The van der Waals surface area contributed by atoms with Crippen molar-refractivity contribution in [3.8, 4) is 0 Å². The lowest BCUT2D eigenvalue weighted by atomic mass is 10.2. The second-order valence-electron chi connectivity index (χ2n) is 3.56. The molecule has 0 radical (unpaired) electrons. The lowest BCUT2D eigenvalue weighted by Crippen LogP contribution is -2.20. The molecule has 0 bridgehead atoms. The predicted molar refractivity (Wildman–Crippen MR) is 73.0 cm³/mol. The van der Waals surface area contributed by atoms with Crippen molar-refractivity contribution < 1.29 is 0 Å². The van der Waals surface area contributed by atoms with E-state index in [9.17, 15) is 0 Å². The van der Waals surface area contributed by atoms with Gasteiger partial charge in [-0.2, -0.15) is 11.8 Å². The Bertz CT molecular complexity index is 119. The highest BCUT2D eigenvalue weighted by atomic mass is 35.5. The van der Waals surface area contributed by atoms with Crippen LogP contribution in [0.4, 0.5) is 0 Å². The molecule has 86 valence electrons. The third-order valence-electron chi connectivity index (χ3n) is 2.40. The number of halogens is 1. The quantitative estimate of drug-likeness (QED) is 0.643. The van der Waals surface area contributed by atoms with Crippen molar-refractivity contribution in [2.45, 2.75) is 25.7 Å². The van der Waals surface area contributed by atoms with Crippen molar-refractivity contribution in [1.82, 2.24) is 4.90 Å². The molecule has 14 heavy (non-hydrogen) atoms. The van der Waals surface area contributed by atoms with E-state index in [0.29, 0.717) is 0 Å². The highest BCUT2D eigenvalue weighted by Gasteiger charge is 2.10. The zero-order valence-electron chi connectivity index (χ0n) is 9.04. The van der Waals surface area contributed by atoms with E-state index in [1.165, 1.54) is 56.2 Å². The van der Waals surface area contributed by atoms with Gasteiger partial charge in [0, 0.05) is 18.2 Å². The average molecular weight is 256 g/mol. The van der Waals surface area contributed by atoms with Gasteiger partial charge in [-0.15, -0.1) is 24.2 Å². The number of thioether (sulfide) groups is 2. The molecule has 1 fully saturated rings. The summed E-state index contributed by atoms with van der Waals surface area (Å²) in [6, 6.07) is 0. The van der Waals surface area contributed by atoms with E-state index in [1.54, 1.807) is 0 Å². The second kappa shape index (κ2) is 10.5. The standard InChI is InChI=1S/C10H21NS2.ClH/c1-12-8-5-3-2-4-6-11-7-9-13-10-11;/h2-10H2,1H3;1H. The molecular weight excluding hydrogens is 234 g/mol. The summed E-state index contributed by atoms with van der Waals surface area (Å²) in [6.45, 7) is 2.67. The first kappa shape index (κ1) is 14.9. The zero-order valence-corrected chi connectivity index (χ0v) is 11.5. The van der Waals surface area contributed by atoms with Gasteiger partial charge in [0.05, 0.1) is 0 Å². The Balaban J connectivity index is 0.00000169. The van der Waals surface area contributed by atoms with Crippen LogP contribution in [0.15, 0.2) is 0 Å². The van der Waals surface area contributed by atoms with Gasteiger partial charge in [-0.3, -0.25) is 4.90 Å². The molecule has 1 heterocycles. The van der Waals surface area contributed by atoms with E-state index in [2.05, 4.69) is 22.9 Å². The zero-order chi connectivity index (χ0) is 9.36. The fraction of sp³-hybridized carbons (Fsp3) is 1.00. The van der Waals surface area contributed by atoms with E-state index in [1.807, 2.05) is 11.8 Å². The Kier molecular flexibility index (Phi) is 11.2. The van der Waals surface area contributed by atoms with Crippen molar-refractivity contribution in [2.75, 3.05) is 36.7 Å². The molecule has 1 rings (SSSR count). The molecule has 4 heteroatoms. The monoisotopic (exact) mass is 255 g/mol. The van der Waals surface area contributed by atoms with Crippen LogP contribution >= 0.6 is 35.9 Å². The minimum atomic E-state index is 0. The first-order valence-electron chi connectivity index (χ1n) is 5.22. The fourth-order valence-electron chi connectivity index (χ4n) is 1.56. The molecule has 0 aliphatic carbocycles. The smallest absolute Gasteiger partial charge is 0.0445 e. The van der Waals surface area contributed by atoms with Crippen LogP contribution in [0.2, 0.25) is 0 Å². The highest BCUT2D eigenvalue weighted by molar-refractivity contribution is 7.99. The summed E-state index contributed by atoms with van der Waals surface area (Å²) < 4.78 is 0. The fourth-order valence-corrected chi connectivity index (χ4v) is 3.09. The van der Waals surface area contributed by atoms with Crippen molar-refractivity contribution in [1.29, 1.82) is 0 Å². The Morgan fingerprint density at radius 3 is 2.64 bits per heavy atom. The van der Waals surface area contributed by atoms with Gasteiger partial charge in [0.15, 0.2) is 0 Å². The van der Waals surface area contributed by atoms with Gasteiger partial charge in [-0.05, 0) is 31.4 Å². The summed E-state index contributed by atoms with van der Waals surface area (Å²) in [4.78, 5) is 2.58. The molecule has 1 aliphatic heterocycles. The molecule has 1 saturated heterocycles. The second-order valence-corrected chi connectivity index (χ2v) is 5.62. The maximum absolute atomic E-state index is 2.58. The Hall–Kier alpha value is 0.950. The lowest BCUT2D eigenvalue weighted by molar-refractivity contribution is 0.344. The van der Waals surface area contributed by atoms with Crippen molar-refractivity contribution in [3.05, 3.63) is 0 Å². The van der Waals surface area contributed by atoms with E-state index in [0.717, 1.165) is 0 Å². The summed E-state index contributed by atoms with van der Waals surface area (Å²) in [6.07, 6.45) is 7.88. The summed E-state index contributed by atoms with van der Waals surface area (Å²) in [5.74, 6) is 3.98. The first-order chi connectivity index (χ1) is 6.43. The van der Waals surface area contributed by atoms with E-state index in [4.69, 9.17) is 0 Å². The molecule has 1 aliphatic rings. The van der Waals surface area contributed by atoms with Crippen LogP contribution in [0, 0.1) is 0 Å². The molecule has 1 nitrogen and oxygen atoms in total. The Labute approximate surface area is 103 Å². The number of hydrogen-bond acceptors (Lipinski definition) is 3. The molecule has 0 saturated carbocycles. The van der Waals surface area contributed by atoms with Crippen LogP contribution in [0.25, 0.3) is 0 Å². The Morgan fingerprint density at radius 1 is 1.21 bits per heavy atom. The van der Waals surface area contributed by atoms with Crippen molar-refractivity contribution in [3.63, 3.8) is 0 Å². The summed E-state index contributed by atoms with van der Waals surface area (Å²) in [5, 5.41) is 0. The number of nitrogens with zero attached hydrogens (tertiary/aromatic N) is 1. The van der Waals surface area contributed by atoms with Gasteiger partial charge in [-0.1, -0.05) is 12.8 Å². The normalized spacial score (nSPS) is 16.9. The molecule has 0 aromatic carbocycles. The van der Waals surface area contributed by atoms with Crippen LogP contribution in [0.3, 0.4) is 0 Å². The molecular formula is C10H22ClNS2. The molecule has 0 atom stereocenters. The minimum absolute atomic E-state index is 0. The molecule has 0 unspecified atom stereocenters. The summed E-state index contributed by atoms with van der Waals surface area (Å²) in [5.41, 5.74) is 0. The van der Waals surface area contributed by atoms with Crippen LogP contribution in [-0.2, 0) is 0 Å². The van der Waals surface area contributed by atoms with E-state index < -0.39 is 0 Å². The van der Waals surface area contributed by atoms with Gasteiger partial charge in [-0.25, -0.2) is 0 Å². The maximum atomic E-state index is 2.58. The van der Waals surface area contributed by atoms with Crippen LogP contribution in [-0.4, -0.2) is 41.6 Å². The van der Waals surface area contributed by atoms with E-state index in [-0.39, 0.29) is 12.4 Å². The molecule has 0 N–H and O–H groups in total. The van der Waals surface area contributed by atoms with Gasteiger partial charge in [0.2, 0.25) is 0 Å². The Morgan fingerprint density at radius 2 is 2.00 bits per heavy atom. The number of rotatable bonds is 7. The summed E-state index contributed by atoms with van der Waals surface area (Å²) in [7, 11) is 0. The minimum Gasteiger partial charge on any atom is -0.293 e. The van der Waals surface area contributed by atoms with Crippen molar-refractivity contribution in [2.24, 2.45) is 0 Å². The van der Waals surface area contributed by atoms with Crippen LogP contribution < -0.4 is 0 Å². The largest absolute Gasteiger partial charge is 0.293 e. The highest BCUT2D eigenvalue weighted by Crippen LogP contribution is 2.14. The maximum Gasteiger partial charge on any atom is 0.0445 e. The van der Waals surface area contributed by atoms with Crippen LogP contribution in [0.1, 0.15) is 25.7 Å². The summed E-state index contributed by atoms with van der Waals surface area (Å²) >= 11 is 4.05. The predicted octanol–water partition coefficient (Wildman–Crippen LogP) is 3.34. The van der Waals surface area contributed by atoms with E-state index >= 15 is 0 Å². The molecule has 0 aromatic heterocycles. The van der Waals surface area contributed by atoms with Gasteiger partial charge in [0.1, 0.15) is 0 Å². The third kappa shape index (κ3) is 7.27. The lowest BCUT2D eigenvalue weighted by Gasteiger charge is -2.12. The molecule has 0 aromatic rings. The van der Waals surface area contributed by atoms with Crippen LogP contribution in [0.5, 0.6) is 0 Å². The SMILES string of the molecule is CSCCCCCCN1CCSC1.Cl. The third-order valence-corrected chi connectivity index (χ3v) is 4.11. The topological polar surface area (TPSA) is 3.24 Å². The van der Waals surface area contributed by atoms with Gasteiger partial charge in [0.25, 0.3) is 0 Å². The van der Waals surface area contributed by atoms with Crippen molar-refractivity contribution >= 4 is 35.9 Å². The van der Waals surface area contributed by atoms with Gasteiger partial charge >= 0.3 is 0 Å². The molecule has 0 spiro atoms. The number of unbranched alkanes of at least 4 members (excludes halogenated alkanes) is 3.